The lowest BCUT2D eigenvalue weighted by Crippen LogP contribution is -2.63. The van der Waals surface area contributed by atoms with Crippen molar-refractivity contribution in [2.75, 3.05) is 13.1 Å². The summed E-state index contributed by atoms with van der Waals surface area (Å²) in [6.45, 7) is 12.0. The molecule has 2 atom stereocenters. The summed E-state index contributed by atoms with van der Waals surface area (Å²) in [5.41, 5.74) is 1.30. The maximum absolute atomic E-state index is 6.37. The molecule has 0 amide bonds. The average molecular weight is 329 g/mol. The van der Waals surface area contributed by atoms with Crippen LogP contribution in [0, 0.1) is 5.92 Å². The maximum atomic E-state index is 6.37. The Balaban J connectivity index is 2.22. The minimum absolute atomic E-state index is 0.177. The second-order valence-electron chi connectivity index (χ2n) is 6.72. The van der Waals surface area contributed by atoms with E-state index in [1.807, 2.05) is 12.1 Å². The molecule has 1 aromatic carbocycles. The van der Waals surface area contributed by atoms with E-state index >= 15 is 0 Å². The van der Waals surface area contributed by atoms with Crippen LogP contribution in [0.3, 0.4) is 0 Å². The lowest BCUT2D eigenvalue weighted by atomic mass is 9.89. The van der Waals surface area contributed by atoms with Gasteiger partial charge in [0.2, 0.25) is 0 Å². The minimum atomic E-state index is 0.177. The van der Waals surface area contributed by atoms with Crippen molar-refractivity contribution in [3.8, 4) is 0 Å². The highest BCUT2D eigenvalue weighted by Gasteiger charge is 2.35. The molecule has 2 rings (SSSR count). The molecule has 21 heavy (non-hydrogen) atoms. The summed E-state index contributed by atoms with van der Waals surface area (Å²) in [4.78, 5) is 2.56. The van der Waals surface area contributed by atoms with E-state index in [4.69, 9.17) is 23.2 Å². The molecule has 1 N–H and O–H groups in total. The molecule has 1 aromatic rings. The van der Waals surface area contributed by atoms with Gasteiger partial charge in [0, 0.05) is 31.2 Å². The van der Waals surface area contributed by atoms with E-state index in [1.165, 1.54) is 0 Å². The molecule has 1 aliphatic rings. The number of nitrogens with one attached hydrogen (secondary N) is 1. The third-order valence-corrected chi connectivity index (χ3v) is 5.57. The van der Waals surface area contributed by atoms with Crippen molar-refractivity contribution in [1.82, 2.24) is 10.2 Å². The number of halogens is 2. The summed E-state index contributed by atoms with van der Waals surface area (Å²) in [6, 6.07) is 6.44. The Hall–Kier alpha value is -0.280. The largest absolute Gasteiger partial charge is 0.309 e. The first-order chi connectivity index (χ1) is 9.86. The third-order valence-electron chi connectivity index (χ3n) is 4.71. The Bertz CT molecular complexity index is 490. The maximum Gasteiger partial charge on any atom is 0.0637 e. The van der Waals surface area contributed by atoms with Crippen LogP contribution < -0.4 is 5.32 Å². The first kappa shape index (κ1) is 17.1. The lowest BCUT2D eigenvalue weighted by Gasteiger charge is -2.47. The zero-order valence-corrected chi connectivity index (χ0v) is 14.9. The van der Waals surface area contributed by atoms with Crippen LogP contribution in [0.4, 0.5) is 0 Å². The predicted octanol–water partition coefficient (Wildman–Crippen LogP) is 4.59. The number of rotatable bonds is 4. The molecule has 1 heterocycles. The van der Waals surface area contributed by atoms with E-state index in [0.717, 1.165) is 31.6 Å². The van der Waals surface area contributed by atoms with Crippen molar-refractivity contribution in [3.63, 3.8) is 0 Å². The number of nitrogens with zero attached hydrogens (tertiary/aromatic N) is 1. The van der Waals surface area contributed by atoms with Crippen LogP contribution >= 0.6 is 23.2 Å². The molecule has 2 unspecified atom stereocenters. The molecule has 0 spiro atoms. The average Bonchev–Trinajstić information content (AvgIpc) is 2.44. The topological polar surface area (TPSA) is 15.3 Å². The van der Waals surface area contributed by atoms with Gasteiger partial charge in [0.05, 0.1) is 10.0 Å². The molecule has 0 radical (unpaired) electrons. The highest BCUT2D eigenvalue weighted by molar-refractivity contribution is 6.42. The van der Waals surface area contributed by atoms with Gasteiger partial charge in [-0.05, 0) is 30.9 Å². The Labute approximate surface area is 138 Å². The fourth-order valence-electron chi connectivity index (χ4n) is 3.06. The van der Waals surface area contributed by atoms with Gasteiger partial charge in [0.1, 0.15) is 0 Å². The van der Waals surface area contributed by atoms with E-state index < -0.39 is 0 Å². The van der Waals surface area contributed by atoms with Gasteiger partial charge in [-0.1, -0.05) is 56.1 Å². The van der Waals surface area contributed by atoms with E-state index in [1.54, 1.807) is 0 Å². The summed E-state index contributed by atoms with van der Waals surface area (Å²) in [5.74, 6) is 0.608. The molecular weight excluding hydrogens is 303 g/mol. The minimum Gasteiger partial charge on any atom is -0.309 e. The smallest absolute Gasteiger partial charge is 0.0637 e. The summed E-state index contributed by atoms with van der Waals surface area (Å²) in [6.07, 6.45) is 1.12. The van der Waals surface area contributed by atoms with Crippen molar-refractivity contribution < 1.29 is 0 Å². The van der Waals surface area contributed by atoms with Gasteiger partial charge in [-0.3, -0.25) is 4.90 Å². The monoisotopic (exact) mass is 328 g/mol. The quantitative estimate of drug-likeness (QED) is 0.869. The van der Waals surface area contributed by atoms with Crippen molar-refractivity contribution in [1.29, 1.82) is 0 Å². The molecule has 1 saturated heterocycles. The van der Waals surface area contributed by atoms with Gasteiger partial charge in [0.15, 0.2) is 0 Å². The third kappa shape index (κ3) is 3.92. The fourth-order valence-corrected chi connectivity index (χ4v) is 3.44. The van der Waals surface area contributed by atoms with Crippen LogP contribution in [0.1, 0.15) is 39.7 Å². The molecule has 0 aliphatic carbocycles. The first-order valence-electron chi connectivity index (χ1n) is 7.78. The van der Waals surface area contributed by atoms with E-state index in [2.05, 4.69) is 44.0 Å². The van der Waals surface area contributed by atoms with Crippen LogP contribution in [0.15, 0.2) is 18.2 Å². The van der Waals surface area contributed by atoms with Gasteiger partial charge in [-0.2, -0.15) is 0 Å². The predicted molar refractivity (Wildman–Crippen MR) is 92.2 cm³/mol. The Morgan fingerprint density at radius 3 is 2.71 bits per heavy atom. The van der Waals surface area contributed by atoms with Crippen molar-refractivity contribution in [3.05, 3.63) is 33.8 Å². The van der Waals surface area contributed by atoms with Gasteiger partial charge in [-0.15, -0.1) is 0 Å². The van der Waals surface area contributed by atoms with Crippen LogP contribution in [-0.4, -0.2) is 29.6 Å². The second kappa shape index (κ2) is 6.87. The summed E-state index contributed by atoms with van der Waals surface area (Å²) in [5, 5.41) is 5.05. The lowest BCUT2D eigenvalue weighted by molar-refractivity contribution is 0.0539. The van der Waals surface area contributed by atoms with Crippen LogP contribution in [0.25, 0.3) is 0 Å². The molecule has 118 valence electrons. The van der Waals surface area contributed by atoms with E-state index in [9.17, 15) is 0 Å². The van der Waals surface area contributed by atoms with Gasteiger partial charge in [-0.25, -0.2) is 0 Å². The zero-order chi connectivity index (χ0) is 15.6. The van der Waals surface area contributed by atoms with E-state index in [0.29, 0.717) is 22.0 Å². The Kier molecular flexibility index (Phi) is 5.59. The normalized spacial score (nSPS) is 27.3. The number of hydrogen-bond donors (Lipinski definition) is 1. The van der Waals surface area contributed by atoms with E-state index in [-0.39, 0.29) is 5.54 Å². The Morgan fingerprint density at radius 2 is 2.10 bits per heavy atom. The second-order valence-corrected chi connectivity index (χ2v) is 7.51. The Morgan fingerprint density at radius 1 is 1.38 bits per heavy atom. The van der Waals surface area contributed by atoms with Crippen molar-refractivity contribution >= 4 is 23.2 Å². The number of benzene rings is 1. The molecule has 0 bridgehead atoms. The van der Waals surface area contributed by atoms with Crippen LogP contribution in [0.2, 0.25) is 10.0 Å². The highest BCUT2D eigenvalue weighted by atomic mass is 35.5. The summed E-state index contributed by atoms with van der Waals surface area (Å²) < 4.78 is 0. The highest BCUT2D eigenvalue weighted by Crippen LogP contribution is 2.30. The molecule has 0 aromatic heterocycles. The summed E-state index contributed by atoms with van der Waals surface area (Å²) in [7, 11) is 0. The summed E-state index contributed by atoms with van der Waals surface area (Å²) >= 11 is 12.5. The molecule has 0 saturated carbocycles. The van der Waals surface area contributed by atoms with Crippen LogP contribution in [0.5, 0.6) is 0 Å². The van der Waals surface area contributed by atoms with Crippen molar-refractivity contribution in [2.24, 2.45) is 5.92 Å². The molecule has 1 aliphatic heterocycles. The first-order valence-corrected chi connectivity index (χ1v) is 8.54. The standard InChI is InChI=1S/C17H26Cl2N2/c1-5-17(4)11-21(15(9-20-17)12(2)3)10-13-7-6-8-14(18)16(13)19/h6-8,12,15,20H,5,9-11H2,1-4H3. The number of piperazine rings is 1. The molecule has 2 nitrogen and oxygen atoms in total. The zero-order valence-electron chi connectivity index (χ0n) is 13.4. The molecule has 1 fully saturated rings. The molecule has 4 heteroatoms. The van der Waals surface area contributed by atoms with Crippen molar-refractivity contribution in [2.45, 2.75) is 52.2 Å². The molecular formula is C17H26Cl2N2. The van der Waals surface area contributed by atoms with Gasteiger partial charge < -0.3 is 5.32 Å². The van der Waals surface area contributed by atoms with Gasteiger partial charge >= 0.3 is 0 Å². The van der Waals surface area contributed by atoms with Crippen LogP contribution in [-0.2, 0) is 6.54 Å². The fraction of sp³-hybridized carbons (Fsp3) is 0.647. The van der Waals surface area contributed by atoms with Gasteiger partial charge in [0.25, 0.3) is 0 Å². The number of hydrogen-bond acceptors (Lipinski definition) is 2. The SMILES string of the molecule is CCC1(C)CN(Cc2cccc(Cl)c2Cl)C(C(C)C)CN1.